The molecule has 26 heavy (non-hydrogen) atoms. The van der Waals surface area contributed by atoms with Crippen LogP contribution in [-0.2, 0) is 11.2 Å². The number of pyridine rings is 1. The number of fused-ring (bicyclic) bond motifs is 2. The van der Waals surface area contributed by atoms with E-state index in [0.29, 0.717) is 18.5 Å². The van der Waals surface area contributed by atoms with Gasteiger partial charge in [0.15, 0.2) is 0 Å². The van der Waals surface area contributed by atoms with Gasteiger partial charge in [-0.15, -0.1) is 0 Å². The van der Waals surface area contributed by atoms with Gasteiger partial charge in [0, 0.05) is 17.8 Å². The van der Waals surface area contributed by atoms with Crippen molar-refractivity contribution in [3.8, 4) is 0 Å². The lowest BCUT2D eigenvalue weighted by Gasteiger charge is -2.33. The Kier molecular flexibility index (Phi) is 4.02. The summed E-state index contributed by atoms with van der Waals surface area (Å²) >= 11 is 0. The van der Waals surface area contributed by atoms with Crippen LogP contribution >= 0.6 is 0 Å². The first-order valence-electron chi connectivity index (χ1n) is 9.05. The molecule has 3 heterocycles. The van der Waals surface area contributed by atoms with Crippen LogP contribution in [0.3, 0.4) is 0 Å². The first-order chi connectivity index (χ1) is 12.5. The normalized spacial score (nSPS) is 26.9. The highest BCUT2D eigenvalue weighted by atomic mass is 16.4. The van der Waals surface area contributed by atoms with Crippen molar-refractivity contribution >= 4 is 11.9 Å². The second-order valence-electron chi connectivity index (χ2n) is 7.45. The smallest absolute Gasteiger partial charge is 0.312 e. The molecule has 2 aromatic rings. The van der Waals surface area contributed by atoms with Gasteiger partial charge in [0.1, 0.15) is 5.69 Å². The van der Waals surface area contributed by atoms with Gasteiger partial charge in [0.05, 0.1) is 5.41 Å². The van der Waals surface area contributed by atoms with Crippen molar-refractivity contribution < 1.29 is 14.7 Å². The maximum absolute atomic E-state index is 13.1. The van der Waals surface area contributed by atoms with Crippen molar-refractivity contribution in [2.24, 2.45) is 5.41 Å². The number of nitrogens with zero attached hydrogens (tertiary/aromatic N) is 2. The van der Waals surface area contributed by atoms with Gasteiger partial charge in [0.25, 0.3) is 5.91 Å². The zero-order valence-corrected chi connectivity index (χ0v) is 14.8. The minimum absolute atomic E-state index is 0.0189. The van der Waals surface area contributed by atoms with Gasteiger partial charge in [-0.25, -0.2) is 4.98 Å². The van der Waals surface area contributed by atoms with Crippen LogP contribution in [0.5, 0.6) is 0 Å². The van der Waals surface area contributed by atoms with Gasteiger partial charge in [-0.05, 0) is 50.3 Å². The van der Waals surface area contributed by atoms with E-state index in [1.54, 1.807) is 11.0 Å². The molecule has 3 atom stereocenters. The maximum atomic E-state index is 13.1. The zero-order chi connectivity index (χ0) is 18.3. The summed E-state index contributed by atoms with van der Waals surface area (Å²) < 4.78 is 0. The van der Waals surface area contributed by atoms with E-state index in [0.717, 1.165) is 24.1 Å². The van der Waals surface area contributed by atoms with Crippen molar-refractivity contribution in [2.75, 3.05) is 0 Å². The lowest BCUT2D eigenvalue weighted by Crippen LogP contribution is -2.46. The Morgan fingerprint density at radius 3 is 2.62 bits per heavy atom. The molecule has 2 fully saturated rings. The largest absolute Gasteiger partial charge is 0.481 e. The molecule has 2 saturated heterocycles. The van der Waals surface area contributed by atoms with Gasteiger partial charge in [0.2, 0.25) is 0 Å². The minimum Gasteiger partial charge on any atom is -0.481 e. The summed E-state index contributed by atoms with van der Waals surface area (Å²) in [6.07, 6.45) is 2.57. The third-order valence-electron chi connectivity index (χ3n) is 5.87. The lowest BCUT2D eigenvalue weighted by atomic mass is 9.70. The lowest BCUT2D eigenvalue weighted by molar-refractivity contribution is -0.150. The number of aliphatic carboxylic acids is 1. The molecule has 0 unspecified atom stereocenters. The fourth-order valence-corrected chi connectivity index (χ4v) is 4.74. The predicted molar refractivity (Wildman–Crippen MR) is 96.8 cm³/mol. The zero-order valence-electron chi connectivity index (χ0n) is 14.8. The summed E-state index contributed by atoms with van der Waals surface area (Å²) in [7, 11) is 0. The van der Waals surface area contributed by atoms with Crippen LogP contribution in [0.1, 0.15) is 41.0 Å². The molecule has 0 aliphatic carbocycles. The van der Waals surface area contributed by atoms with E-state index in [9.17, 15) is 14.7 Å². The summed E-state index contributed by atoms with van der Waals surface area (Å²) in [6.45, 7) is 1.85. The van der Waals surface area contributed by atoms with Crippen molar-refractivity contribution in [1.29, 1.82) is 0 Å². The maximum Gasteiger partial charge on any atom is 0.312 e. The Morgan fingerprint density at radius 2 is 1.92 bits per heavy atom. The summed E-state index contributed by atoms with van der Waals surface area (Å²) in [6, 6.07) is 14.8. The van der Waals surface area contributed by atoms with Crippen molar-refractivity contribution in [3.05, 3.63) is 65.5 Å². The van der Waals surface area contributed by atoms with Crippen LogP contribution in [0.2, 0.25) is 0 Å². The van der Waals surface area contributed by atoms with E-state index in [1.165, 1.54) is 0 Å². The van der Waals surface area contributed by atoms with E-state index < -0.39 is 11.4 Å². The number of amides is 1. The molecule has 1 aromatic carbocycles. The number of hydrogen-bond acceptors (Lipinski definition) is 3. The fourth-order valence-electron chi connectivity index (χ4n) is 4.74. The molecule has 4 rings (SSSR count). The van der Waals surface area contributed by atoms with E-state index >= 15 is 0 Å². The second kappa shape index (κ2) is 6.24. The molecule has 0 saturated carbocycles. The number of rotatable bonds is 4. The van der Waals surface area contributed by atoms with Crippen LogP contribution in [0.15, 0.2) is 48.5 Å². The Morgan fingerprint density at radius 1 is 1.15 bits per heavy atom. The minimum atomic E-state index is -0.913. The number of hydrogen-bond donors (Lipinski definition) is 1. The van der Waals surface area contributed by atoms with Gasteiger partial charge in [-0.3, -0.25) is 9.59 Å². The molecule has 2 aliphatic heterocycles. The summed E-state index contributed by atoms with van der Waals surface area (Å²) in [5.74, 6) is -0.944. The van der Waals surface area contributed by atoms with Gasteiger partial charge < -0.3 is 10.0 Å². The molecule has 0 spiro atoms. The molecule has 5 heteroatoms. The highest BCUT2D eigenvalue weighted by Crippen LogP contribution is 2.52. The van der Waals surface area contributed by atoms with E-state index in [1.807, 2.05) is 49.4 Å². The van der Waals surface area contributed by atoms with Gasteiger partial charge in [-0.1, -0.05) is 36.4 Å². The fraction of sp³-hybridized carbons (Fsp3) is 0.381. The van der Waals surface area contributed by atoms with E-state index in [-0.39, 0.29) is 18.0 Å². The van der Waals surface area contributed by atoms with E-state index in [2.05, 4.69) is 4.98 Å². The third-order valence-corrected chi connectivity index (χ3v) is 5.87. The molecule has 134 valence electrons. The molecule has 0 radical (unpaired) electrons. The average molecular weight is 350 g/mol. The predicted octanol–water partition coefficient (Wildman–Crippen LogP) is 3.08. The molecule has 2 aliphatic rings. The molecule has 1 N–H and O–H groups in total. The highest BCUT2D eigenvalue weighted by Gasteiger charge is 2.61. The van der Waals surface area contributed by atoms with Crippen molar-refractivity contribution in [3.63, 3.8) is 0 Å². The summed E-state index contributed by atoms with van der Waals surface area (Å²) in [5.41, 5.74) is 1.28. The summed E-state index contributed by atoms with van der Waals surface area (Å²) in [4.78, 5) is 31.6. The molecule has 5 nitrogen and oxygen atoms in total. The Balaban J connectivity index is 1.67. The standard InChI is InChI=1S/C21H22N2O3/c1-14-6-5-9-17(22-14)19(24)23-16-10-11-18(23)21(13-16,20(25)26)12-15-7-3-2-4-8-15/h2-9,16,18H,10-13H2,1H3,(H,25,26)/t16-,18+,21+/m0/s1. The quantitative estimate of drug-likeness (QED) is 0.920. The molecular formula is C21H22N2O3. The Hall–Kier alpha value is -2.69. The number of carbonyl (C=O) groups is 2. The molecule has 2 bridgehead atoms. The van der Waals surface area contributed by atoms with Crippen LogP contribution < -0.4 is 0 Å². The van der Waals surface area contributed by atoms with Crippen LogP contribution in [0, 0.1) is 12.3 Å². The van der Waals surface area contributed by atoms with Gasteiger partial charge in [-0.2, -0.15) is 0 Å². The Bertz CT molecular complexity index is 851. The first-order valence-corrected chi connectivity index (χ1v) is 9.05. The number of carbonyl (C=O) groups excluding carboxylic acids is 1. The van der Waals surface area contributed by atoms with Crippen LogP contribution in [0.25, 0.3) is 0 Å². The van der Waals surface area contributed by atoms with Crippen LogP contribution in [0.4, 0.5) is 0 Å². The molecular weight excluding hydrogens is 328 g/mol. The third kappa shape index (κ3) is 2.59. The van der Waals surface area contributed by atoms with Gasteiger partial charge >= 0.3 is 5.97 Å². The molecule has 1 amide bonds. The SMILES string of the molecule is Cc1cccc(C(=O)N2[C@H]3CC[C@@H]2[C@](Cc2ccccc2)(C(=O)O)C3)n1. The number of carboxylic acids is 1. The topological polar surface area (TPSA) is 70.5 Å². The number of benzene rings is 1. The number of carboxylic acid groups (broad SMARTS) is 1. The van der Waals surface area contributed by atoms with Crippen molar-refractivity contribution in [1.82, 2.24) is 9.88 Å². The highest BCUT2D eigenvalue weighted by molar-refractivity contribution is 5.94. The monoisotopic (exact) mass is 350 g/mol. The number of aryl methyl sites for hydroxylation is 1. The first kappa shape index (κ1) is 16.8. The molecule has 1 aromatic heterocycles. The Labute approximate surface area is 152 Å². The number of aromatic nitrogens is 1. The van der Waals surface area contributed by atoms with Crippen LogP contribution in [-0.4, -0.2) is 39.0 Å². The average Bonchev–Trinajstić information content (AvgIpc) is 3.18. The van der Waals surface area contributed by atoms with Crippen molar-refractivity contribution in [2.45, 2.75) is 44.7 Å². The summed E-state index contributed by atoms with van der Waals surface area (Å²) in [5, 5.41) is 10.1. The second-order valence-corrected chi connectivity index (χ2v) is 7.45. The van der Waals surface area contributed by atoms with E-state index in [4.69, 9.17) is 0 Å².